The summed E-state index contributed by atoms with van der Waals surface area (Å²) in [6.45, 7) is 1.82. The zero-order chi connectivity index (χ0) is 13.8. The number of rotatable bonds is 4. The number of hydrogen-bond donors (Lipinski definition) is 0. The van der Waals surface area contributed by atoms with Crippen molar-refractivity contribution in [1.82, 2.24) is 9.78 Å². The molecule has 0 atom stereocenters. The van der Waals surface area contributed by atoms with Crippen LogP contribution in [0, 0.1) is 6.92 Å². The molecule has 19 heavy (non-hydrogen) atoms. The highest BCUT2D eigenvalue weighted by Gasteiger charge is 2.09. The third-order valence-electron chi connectivity index (χ3n) is 2.83. The van der Waals surface area contributed by atoms with Gasteiger partial charge in [-0.1, -0.05) is 18.2 Å². The molecule has 2 rings (SSSR count). The number of carbonyl (C=O) groups excluding carboxylic acids is 1. The molecule has 0 saturated heterocycles. The lowest BCUT2D eigenvalue weighted by molar-refractivity contribution is 0.104. The number of para-hydroxylation sites is 1. The highest BCUT2D eigenvalue weighted by molar-refractivity contribution is 6.07. The van der Waals surface area contributed by atoms with E-state index in [1.807, 2.05) is 31.2 Å². The van der Waals surface area contributed by atoms with E-state index in [2.05, 4.69) is 5.10 Å². The third-order valence-corrected chi connectivity index (χ3v) is 2.83. The van der Waals surface area contributed by atoms with Crippen LogP contribution in [-0.2, 0) is 7.05 Å². The number of allylic oxidation sites excluding steroid dienone is 1. The molecular formula is C15H16N2O2. The zero-order valence-electron chi connectivity index (χ0n) is 11.3. The van der Waals surface area contributed by atoms with E-state index < -0.39 is 0 Å². The van der Waals surface area contributed by atoms with E-state index in [4.69, 9.17) is 4.74 Å². The molecule has 0 saturated carbocycles. The van der Waals surface area contributed by atoms with Crippen LogP contribution in [0.4, 0.5) is 0 Å². The van der Waals surface area contributed by atoms with E-state index in [-0.39, 0.29) is 5.78 Å². The first kappa shape index (κ1) is 13.1. The number of aryl methyl sites for hydroxylation is 2. The third kappa shape index (κ3) is 2.91. The van der Waals surface area contributed by atoms with Crippen LogP contribution in [0.3, 0.4) is 0 Å². The van der Waals surface area contributed by atoms with Crippen molar-refractivity contribution >= 4 is 11.9 Å². The predicted molar refractivity (Wildman–Crippen MR) is 74.3 cm³/mol. The molecular weight excluding hydrogens is 240 g/mol. The van der Waals surface area contributed by atoms with Gasteiger partial charge in [-0.05, 0) is 25.1 Å². The summed E-state index contributed by atoms with van der Waals surface area (Å²) in [7, 11) is 3.41. The van der Waals surface area contributed by atoms with Crippen molar-refractivity contribution in [1.29, 1.82) is 0 Å². The Bertz CT molecular complexity index is 627. The van der Waals surface area contributed by atoms with Gasteiger partial charge in [0.05, 0.1) is 18.4 Å². The number of ether oxygens (including phenoxy) is 1. The van der Waals surface area contributed by atoms with Crippen LogP contribution in [0.1, 0.15) is 21.6 Å². The van der Waals surface area contributed by atoms with Crippen molar-refractivity contribution in [2.75, 3.05) is 7.11 Å². The highest BCUT2D eigenvalue weighted by atomic mass is 16.5. The highest BCUT2D eigenvalue weighted by Crippen LogP contribution is 2.19. The molecule has 0 N–H and O–H groups in total. The van der Waals surface area contributed by atoms with E-state index >= 15 is 0 Å². The van der Waals surface area contributed by atoms with Crippen LogP contribution >= 0.6 is 0 Å². The monoisotopic (exact) mass is 256 g/mol. The molecule has 0 fully saturated rings. The summed E-state index contributed by atoms with van der Waals surface area (Å²) in [4.78, 5) is 12.1. The smallest absolute Gasteiger partial charge is 0.189 e. The Labute approximate surface area is 112 Å². The van der Waals surface area contributed by atoms with E-state index in [0.29, 0.717) is 5.56 Å². The number of methoxy groups -OCH3 is 1. The van der Waals surface area contributed by atoms with Crippen molar-refractivity contribution in [3.8, 4) is 5.75 Å². The SMILES string of the molecule is COc1ccccc1/C=C/C(=O)c1cn(C)nc1C. The molecule has 0 amide bonds. The van der Waals surface area contributed by atoms with E-state index in [1.54, 1.807) is 37.2 Å². The number of ketones is 1. The first-order valence-electron chi connectivity index (χ1n) is 5.97. The average Bonchev–Trinajstić information content (AvgIpc) is 2.75. The normalized spacial score (nSPS) is 10.9. The maximum Gasteiger partial charge on any atom is 0.189 e. The standard InChI is InChI=1S/C15H16N2O2/c1-11-13(10-17(2)16-11)14(18)9-8-12-6-4-5-7-15(12)19-3/h4-10H,1-3H3/b9-8+. The fourth-order valence-corrected chi connectivity index (χ4v) is 1.90. The molecule has 0 aliphatic carbocycles. The summed E-state index contributed by atoms with van der Waals surface area (Å²) < 4.78 is 6.87. The second-order valence-corrected chi connectivity index (χ2v) is 4.24. The first-order chi connectivity index (χ1) is 9.11. The van der Waals surface area contributed by atoms with Crippen LogP contribution in [0.5, 0.6) is 5.75 Å². The molecule has 1 aromatic heterocycles. The van der Waals surface area contributed by atoms with E-state index in [9.17, 15) is 4.79 Å². The number of hydrogen-bond acceptors (Lipinski definition) is 3. The Morgan fingerprint density at radius 2 is 2.11 bits per heavy atom. The molecule has 2 aromatic rings. The molecule has 1 heterocycles. The number of aromatic nitrogens is 2. The summed E-state index contributed by atoms with van der Waals surface area (Å²) in [5.74, 6) is 0.686. The van der Waals surface area contributed by atoms with Gasteiger partial charge in [-0.25, -0.2) is 0 Å². The van der Waals surface area contributed by atoms with Gasteiger partial charge in [0.1, 0.15) is 5.75 Å². The first-order valence-corrected chi connectivity index (χ1v) is 5.97. The molecule has 0 radical (unpaired) electrons. The minimum Gasteiger partial charge on any atom is -0.496 e. The summed E-state index contributed by atoms with van der Waals surface area (Å²) in [6, 6.07) is 7.56. The largest absolute Gasteiger partial charge is 0.496 e. The summed E-state index contributed by atoms with van der Waals surface area (Å²) in [5, 5.41) is 4.16. The lowest BCUT2D eigenvalue weighted by atomic mass is 10.1. The zero-order valence-corrected chi connectivity index (χ0v) is 11.3. The number of benzene rings is 1. The molecule has 0 unspecified atom stereocenters. The molecule has 1 aromatic carbocycles. The van der Waals surface area contributed by atoms with Crippen LogP contribution < -0.4 is 4.74 Å². The van der Waals surface area contributed by atoms with E-state index in [1.165, 1.54) is 0 Å². The summed E-state index contributed by atoms with van der Waals surface area (Å²) in [6.07, 6.45) is 5.03. The van der Waals surface area contributed by atoms with Crippen LogP contribution in [-0.4, -0.2) is 22.7 Å². The minimum absolute atomic E-state index is 0.0588. The maximum absolute atomic E-state index is 12.1. The molecule has 4 heteroatoms. The molecule has 4 nitrogen and oxygen atoms in total. The van der Waals surface area contributed by atoms with Crippen LogP contribution in [0.15, 0.2) is 36.5 Å². The van der Waals surface area contributed by atoms with Gasteiger partial charge in [-0.2, -0.15) is 5.10 Å². The summed E-state index contributed by atoms with van der Waals surface area (Å²) >= 11 is 0. The maximum atomic E-state index is 12.1. The molecule has 0 aliphatic heterocycles. The lowest BCUT2D eigenvalue weighted by Gasteiger charge is -2.02. The van der Waals surface area contributed by atoms with Crippen LogP contribution in [0.25, 0.3) is 6.08 Å². The van der Waals surface area contributed by atoms with Gasteiger partial charge in [0, 0.05) is 18.8 Å². The van der Waals surface area contributed by atoms with Gasteiger partial charge in [0.15, 0.2) is 5.78 Å². The Morgan fingerprint density at radius 1 is 1.37 bits per heavy atom. The van der Waals surface area contributed by atoms with Gasteiger partial charge < -0.3 is 4.74 Å². The van der Waals surface area contributed by atoms with Gasteiger partial charge >= 0.3 is 0 Å². The second kappa shape index (κ2) is 5.52. The van der Waals surface area contributed by atoms with Crippen molar-refractivity contribution in [3.05, 3.63) is 53.4 Å². The van der Waals surface area contributed by atoms with Gasteiger partial charge in [-0.3, -0.25) is 9.48 Å². The lowest BCUT2D eigenvalue weighted by Crippen LogP contribution is -1.95. The topological polar surface area (TPSA) is 44.1 Å². The van der Waals surface area contributed by atoms with E-state index in [0.717, 1.165) is 17.0 Å². The summed E-state index contributed by atoms with van der Waals surface area (Å²) in [5.41, 5.74) is 2.23. The predicted octanol–water partition coefficient (Wildman–Crippen LogP) is 2.63. The van der Waals surface area contributed by atoms with Crippen molar-refractivity contribution in [2.24, 2.45) is 7.05 Å². The Morgan fingerprint density at radius 3 is 2.74 bits per heavy atom. The minimum atomic E-state index is -0.0588. The molecule has 98 valence electrons. The second-order valence-electron chi connectivity index (χ2n) is 4.24. The fourth-order valence-electron chi connectivity index (χ4n) is 1.90. The Balaban J connectivity index is 2.23. The number of carbonyl (C=O) groups is 1. The average molecular weight is 256 g/mol. The quantitative estimate of drug-likeness (QED) is 0.624. The number of nitrogens with zero attached hydrogens (tertiary/aromatic N) is 2. The Hall–Kier alpha value is -2.36. The van der Waals surface area contributed by atoms with Crippen molar-refractivity contribution < 1.29 is 9.53 Å². The molecule has 0 bridgehead atoms. The van der Waals surface area contributed by atoms with Gasteiger partial charge in [0.2, 0.25) is 0 Å². The van der Waals surface area contributed by atoms with Crippen molar-refractivity contribution in [2.45, 2.75) is 6.92 Å². The van der Waals surface area contributed by atoms with Crippen LogP contribution in [0.2, 0.25) is 0 Å². The Kier molecular flexibility index (Phi) is 3.80. The molecule has 0 spiro atoms. The van der Waals surface area contributed by atoms with Crippen molar-refractivity contribution in [3.63, 3.8) is 0 Å². The van der Waals surface area contributed by atoms with Gasteiger partial charge in [-0.15, -0.1) is 0 Å². The fraction of sp³-hybridized carbons (Fsp3) is 0.200. The molecule has 0 aliphatic rings. The van der Waals surface area contributed by atoms with Gasteiger partial charge in [0.25, 0.3) is 0 Å².